The van der Waals surface area contributed by atoms with E-state index in [-0.39, 0.29) is 6.61 Å². The van der Waals surface area contributed by atoms with E-state index in [1.54, 1.807) is 0 Å². The Kier molecular flexibility index (Phi) is 5.55. The lowest BCUT2D eigenvalue weighted by atomic mass is 10.1. The van der Waals surface area contributed by atoms with Crippen LogP contribution in [0.5, 0.6) is 0 Å². The summed E-state index contributed by atoms with van der Waals surface area (Å²) in [6.45, 7) is 5.13. The number of amidine groups is 1. The average Bonchev–Trinajstić information content (AvgIpc) is 2.81. The average molecular weight is 302 g/mol. The molecular weight excluding hydrogens is 280 g/mol. The molecule has 0 spiro atoms. The Hall–Kier alpha value is -2.34. The molecule has 0 amide bonds. The summed E-state index contributed by atoms with van der Waals surface area (Å²) < 4.78 is 1.96. The first-order chi connectivity index (χ1) is 10.6. The molecule has 0 atom stereocenters. The molecule has 0 fully saturated rings. The Balaban J connectivity index is 2.07. The molecule has 0 radical (unpaired) electrons. The first-order valence-corrected chi connectivity index (χ1v) is 7.27. The highest BCUT2D eigenvalue weighted by molar-refractivity contribution is 5.97. The van der Waals surface area contributed by atoms with Gasteiger partial charge in [0.2, 0.25) is 0 Å². The summed E-state index contributed by atoms with van der Waals surface area (Å²) in [4.78, 5) is 5.06. The number of hydrogen-bond donors (Lipinski definition) is 2. The standard InChI is InChI=1S/C16H22N4O2/c1-12-9-13(2)20(18-12)11-14-5-3-6-15(10-14)16(17)19-22-8-4-7-21/h3,5-6,9-10,21H,4,7-8,11H2,1-2H3,(H2,17,19). The third-order valence-electron chi connectivity index (χ3n) is 3.22. The van der Waals surface area contributed by atoms with Gasteiger partial charge in [-0.2, -0.15) is 5.10 Å². The zero-order valence-corrected chi connectivity index (χ0v) is 13.0. The molecule has 3 N–H and O–H groups in total. The number of benzene rings is 1. The second-order valence-corrected chi connectivity index (χ2v) is 5.17. The molecule has 0 aliphatic carbocycles. The predicted molar refractivity (Wildman–Crippen MR) is 85.6 cm³/mol. The fourth-order valence-electron chi connectivity index (χ4n) is 2.13. The van der Waals surface area contributed by atoms with Crippen LogP contribution >= 0.6 is 0 Å². The first-order valence-electron chi connectivity index (χ1n) is 7.27. The van der Waals surface area contributed by atoms with Crippen molar-refractivity contribution in [2.75, 3.05) is 13.2 Å². The summed E-state index contributed by atoms with van der Waals surface area (Å²) in [6, 6.07) is 9.88. The van der Waals surface area contributed by atoms with Gasteiger partial charge >= 0.3 is 0 Å². The Labute approximate surface area is 130 Å². The lowest BCUT2D eigenvalue weighted by Gasteiger charge is -2.07. The molecule has 22 heavy (non-hydrogen) atoms. The Morgan fingerprint density at radius 1 is 1.36 bits per heavy atom. The number of nitrogens with zero attached hydrogens (tertiary/aromatic N) is 3. The van der Waals surface area contributed by atoms with Gasteiger partial charge in [-0.1, -0.05) is 23.4 Å². The van der Waals surface area contributed by atoms with Crippen LogP contribution in [-0.2, 0) is 11.4 Å². The number of rotatable bonds is 7. The van der Waals surface area contributed by atoms with Crippen molar-refractivity contribution in [1.82, 2.24) is 9.78 Å². The van der Waals surface area contributed by atoms with Crippen LogP contribution in [0.15, 0.2) is 35.5 Å². The van der Waals surface area contributed by atoms with Gasteiger partial charge in [0.1, 0.15) is 6.61 Å². The highest BCUT2D eigenvalue weighted by Gasteiger charge is 2.05. The zero-order chi connectivity index (χ0) is 15.9. The van der Waals surface area contributed by atoms with E-state index in [0.29, 0.717) is 25.4 Å². The van der Waals surface area contributed by atoms with Crippen molar-refractivity contribution in [3.8, 4) is 0 Å². The van der Waals surface area contributed by atoms with Crippen molar-refractivity contribution < 1.29 is 9.94 Å². The summed E-state index contributed by atoms with van der Waals surface area (Å²) in [5.74, 6) is 0.327. The topological polar surface area (TPSA) is 85.7 Å². The fourth-order valence-corrected chi connectivity index (χ4v) is 2.13. The normalized spacial score (nSPS) is 11.7. The molecule has 1 aromatic heterocycles. The van der Waals surface area contributed by atoms with Crippen molar-refractivity contribution in [2.24, 2.45) is 10.9 Å². The minimum Gasteiger partial charge on any atom is -0.396 e. The number of aliphatic hydroxyl groups is 1. The van der Waals surface area contributed by atoms with Gasteiger partial charge in [0.05, 0.1) is 12.2 Å². The summed E-state index contributed by atoms with van der Waals surface area (Å²) in [7, 11) is 0. The van der Waals surface area contributed by atoms with Crippen molar-refractivity contribution >= 4 is 5.84 Å². The minimum atomic E-state index is 0.0769. The van der Waals surface area contributed by atoms with Gasteiger partial charge in [-0.3, -0.25) is 4.68 Å². The van der Waals surface area contributed by atoms with Crippen molar-refractivity contribution in [3.05, 3.63) is 52.8 Å². The quantitative estimate of drug-likeness (QED) is 0.352. The maximum atomic E-state index is 8.68. The van der Waals surface area contributed by atoms with E-state index in [4.69, 9.17) is 15.7 Å². The monoisotopic (exact) mass is 302 g/mol. The van der Waals surface area contributed by atoms with Gasteiger partial charge in [0, 0.05) is 24.3 Å². The highest BCUT2D eigenvalue weighted by atomic mass is 16.6. The molecule has 1 aromatic carbocycles. The number of oxime groups is 1. The third-order valence-corrected chi connectivity index (χ3v) is 3.22. The van der Waals surface area contributed by atoms with Gasteiger partial charge in [0.15, 0.2) is 5.84 Å². The Bertz CT molecular complexity index is 649. The summed E-state index contributed by atoms with van der Waals surface area (Å²) >= 11 is 0. The molecule has 0 aliphatic heterocycles. The van der Waals surface area contributed by atoms with Crippen LogP contribution in [0.25, 0.3) is 0 Å². The molecule has 2 rings (SSSR count). The van der Waals surface area contributed by atoms with Crippen LogP contribution in [0.4, 0.5) is 0 Å². The van der Waals surface area contributed by atoms with Crippen LogP contribution in [0.3, 0.4) is 0 Å². The third kappa shape index (κ3) is 4.33. The van der Waals surface area contributed by atoms with E-state index in [1.165, 1.54) is 0 Å². The molecule has 118 valence electrons. The molecule has 1 heterocycles. The van der Waals surface area contributed by atoms with Gasteiger partial charge in [-0.25, -0.2) is 0 Å². The number of aryl methyl sites for hydroxylation is 2. The van der Waals surface area contributed by atoms with E-state index >= 15 is 0 Å². The van der Waals surface area contributed by atoms with Crippen molar-refractivity contribution in [2.45, 2.75) is 26.8 Å². The van der Waals surface area contributed by atoms with Crippen LogP contribution in [0, 0.1) is 13.8 Å². The van der Waals surface area contributed by atoms with Crippen molar-refractivity contribution in [1.29, 1.82) is 0 Å². The second kappa shape index (κ2) is 7.61. The number of aliphatic hydroxyl groups excluding tert-OH is 1. The molecule has 0 saturated heterocycles. The summed E-state index contributed by atoms with van der Waals surface area (Å²) in [6.07, 6.45) is 0.536. The van der Waals surface area contributed by atoms with Gasteiger partial charge < -0.3 is 15.7 Å². The van der Waals surface area contributed by atoms with Gasteiger partial charge in [0.25, 0.3) is 0 Å². The Morgan fingerprint density at radius 3 is 2.86 bits per heavy atom. The van der Waals surface area contributed by atoms with E-state index in [1.807, 2.05) is 42.8 Å². The largest absolute Gasteiger partial charge is 0.396 e. The lowest BCUT2D eigenvalue weighted by molar-refractivity contribution is 0.124. The van der Waals surface area contributed by atoms with E-state index < -0.39 is 0 Å². The molecule has 6 heteroatoms. The molecule has 0 aliphatic rings. The molecular formula is C16H22N4O2. The van der Waals surface area contributed by atoms with Crippen LogP contribution in [0.1, 0.15) is 28.9 Å². The zero-order valence-electron chi connectivity index (χ0n) is 13.0. The number of hydrogen-bond acceptors (Lipinski definition) is 4. The van der Waals surface area contributed by atoms with Crippen LogP contribution in [-0.4, -0.2) is 33.9 Å². The van der Waals surface area contributed by atoms with Crippen LogP contribution in [0.2, 0.25) is 0 Å². The maximum Gasteiger partial charge on any atom is 0.170 e. The van der Waals surface area contributed by atoms with E-state index in [2.05, 4.69) is 16.3 Å². The fraction of sp³-hybridized carbons (Fsp3) is 0.375. The second-order valence-electron chi connectivity index (χ2n) is 5.17. The minimum absolute atomic E-state index is 0.0769. The number of aromatic nitrogens is 2. The smallest absolute Gasteiger partial charge is 0.170 e. The molecule has 0 bridgehead atoms. The lowest BCUT2D eigenvalue weighted by Crippen LogP contribution is -2.15. The Morgan fingerprint density at radius 2 is 2.18 bits per heavy atom. The molecule has 0 unspecified atom stereocenters. The highest BCUT2D eigenvalue weighted by Crippen LogP contribution is 2.10. The predicted octanol–water partition coefficient (Wildman–Crippen LogP) is 1.57. The molecule has 6 nitrogen and oxygen atoms in total. The summed E-state index contributed by atoms with van der Waals surface area (Å²) in [5.41, 5.74) is 9.95. The van der Waals surface area contributed by atoms with Crippen molar-refractivity contribution in [3.63, 3.8) is 0 Å². The van der Waals surface area contributed by atoms with Gasteiger partial charge in [-0.15, -0.1) is 0 Å². The summed E-state index contributed by atoms with van der Waals surface area (Å²) in [5, 5.41) is 17.0. The van der Waals surface area contributed by atoms with Gasteiger partial charge in [-0.05, 0) is 31.5 Å². The molecule has 0 saturated carbocycles. The van der Waals surface area contributed by atoms with E-state index in [9.17, 15) is 0 Å². The first kappa shape index (κ1) is 16.0. The molecule has 2 aromatic rings. The van der Waals surface area contributed by atoms with Crippen LogP contribution < -0.4 is 5.73 Å². The SMILES string of the molecule is Cc1cc(C)n(Cc2cccc(/C(N)=N/OCCCO)c2)n1. The maximum absolute atomic E-state index is 8.68. The van der Waals surface area contributed by atoms with E-state index in [0.717, 1.165) is 22.5 Å². The number of nitrogens with two attached hydrogens (primary N) is 1.